The molecule has 0 atom stereocenters. The minimum atomic E-state index is -0.0276. The molecule has 0 aliphatic rings. The lowest BCUT2D eigenvalue weighted by atomic mass is 10.3. The molecule has 0 saturated heterocycles. The van der Waals surface area contributed by atoms with Crippen LogP contribution in [0.5, 0.6) is 0 Å². The van der Waals surface area contributed by atoms with Crippen LogP contribution in [0.2, 0.25) is 0 Å². The number of nitrogens with one attached hydrogen (secondary N) is 1. The predicted molar refractivity (Wildman–Crippen MR) is 75.9 cm³/mol. The molecule has 0 fully saturated rings. The lowest BCUT2D eigenvalue weighted by Crippen LogP contribution is -2.35. The number of aliphatic hydroxyl groups is 1. The largest absolute Gasteiger partial charge is 0.396 e. The molecule has 0 unspecified atom stereocenters. The molecular formula is C14H23N3O2. The summed E-state index contributed by atoms with van der Waals surface area (Å²) in [5, 5.41) is 11.7. The van der Waals surface area contributed by atoms with Crippen molar-refractivity contribution in [1.29, 1.82) is 0 Å². The van der Waals surface area contributed by atoms with Crippen molar-refractivity contribution in [2.75, 3.05) is 31.6 Å². The minimum absolute atomic E-state index is 0.0276. The molecule has 0 aromatic carbocycles. The Morgan fingerprint density at radius 3 is 2.63 bits per heavy atom. The van der Waals surface area contributed by atoms with Crippen LogP contribution in [-0.4, -0.2) is 47.1 Å². The summed E-state index contributed by atoms with van der Waals surface area (Å²) in [6, 6.07) is 3.53. The molecule has 0 bridgehead atoms. The SMILES string of the molecule is CCCCN(CCCO)CC(=O)Nc1ccncc1. The van der Waals surface area contributed by atoms with Gasteiger partial charge in [-0.3, -0.25) is 14.7 Å². The van der Waals surface area contributed by atoms with Gasteiger partial charge in [0.25, 0.3) is 0 Å². The molecule has 0 spiro atoms. The fraction of sp³-hybridized carbons (Fsp3) is 0.571. The van der Waals surface area contributed by atoms with Crippen molar-refractivity contribution in [3.05, 3.63) is 24.5 Å². The van der Waals surface area contributed by atoms with Gasteiger partial charge in [-0.2, -0.15) is 0 Å². The summed E-state index contributed by atoms with van der Waals surface area (Å²) in [6.45, 7) is 4.29. The van der Waals surface area contributed by atoms with Crippen LogP contribution >= 0.6 is 0 Å². The Bertz CT molecular complexity index is 349. The molecule has 0 saturated carbocycles. The standard InChI is InChI=1S/C14H23N3O2/c1-2-3-9-17(10-4-11-18)12-14(19)16-13-5-7-15-8-6-13/h5-8,18H,2-4,9-12H2,1H3,(H,15,16,19). The highest BCUT2D eigenvalue weighted by molar-refractivity contribution is 5.92. The molecule has 0 aliphatic carbocycles. The van der Waals surface area contributed by atoms with Gasteiger partial charge in [-0.05, 0) is 31.5 Å². The van der Waals surface area contributed by atoms with Crippen LogP contribution in [0.15, 0.2) is 24.5 Å². The Hall–Kier alpha value is -1.46. The number of anilines is 1. The topological polar surface area (TPSA) is 65.5 Å². The molecule has 106 valence electrons. The summed E-state index contributed by atoms with van der Waals surface area (Å²) in [6.07, 6.45) is 6.16. The normalized spacial score (nSPS) is 10.7. The molecule has 5 nitrogen and oxygen atoms in total. The molecule has 0 radical (unpaired) electrons. The van der Waals surface area contributed by atoms with E-state index in [2.05, 4.69) is 22.1 Å². The van der Waals surface area contributed by atoms with Crippen LogP contribution in [0, 0.1) is 0 Å². The van der Waals surface area contributed by atoms with Crippen molar-refractivity contribution >= 4 is 11.6 Å². The van der Waals surface area contributed by atoms with Crippen molar-refractivity contribution in [3.63, 3.8) is 0 Å². The Morgan fingerprint density at radius 1 is 1.32 bits per heavy atom. The number of aromatic nitrogens is 1. The highest BCUT2D eigenvalue weighted by Crippen LogP contribution is 2.04. The number of rotatable bonds is 9. The number of amides is 1. The Labute approximate surface area is 114 Å². The van der Waals surface area contributed by atoms with E-state index < -0.39 is 0 Å². The molecule has 2 N–H and O–H groups in total. The first-order valence-corrected chi connectivity index (χ1v) is 6.79. The van der Waals surface area contributed by atoms with Gasteiger partial charge in [0.05, 0.1) is 6.54 Å². The smallest absolute Gasteiger partial charge is 0.238 e. The maximum atomic E-state index is 11.9. The lowest BCUT2D eigenvalue weighted by Gasteiger charge is -2.21. The average molecular weight is 265 g/mol. The number of unbranched alkanes of at least 4 members (excludes halogenated alkanes) is 1. The zero-order valence-corrected chi connectivity index (χ0v) is 11.5. The molecular weight excluding hydrogens is 242 g/mol. The summed E-state index contributed by atoms with van der Waals surface area (Å²) in [4.78, 5) is 17.9. The van der Waals surface area contributed by atoms with Gasteiger partial charge in [-0.1, -0.05) is 13.3 Å². The number of aliphatic hydroxyl groups excluding tert-OH is 1. The van der Waals surface area contributed by atoms with Gasteiger partial charge in [-0.15, -0.1) is 0 Å². The van der Waals surface area contributed by atoms with E-state index in [1.54, 1.807) is 24.5 Å². The summed E-state index contributed by atoms with van der Waals surface area (Å²) >= 11 is 0. The van der Waals surface area contributed by atoms with E-state index in [4.69, 9.17) is 5.11 Å². The van der Waals surface area contributed by atoms with E-state index in [9.17, 15) is 4.79 Å². The van der Waals surface area contributed by atoms with Crippen LogP contribution in [0.3, 0.4) is 0 Å². The maximum absolute atomic E-state index is 11.9. The van der Waals surface area contributed by atoms with Crippen LogP contribution in [0.4, 0.5) is 5.69 Å². The molecule has 5 heteroatoms. The molecule has 19 heavy (non-hydrogen) atoms. The van der Waals surface area contributed by atoms with Crippen molar-refractivity contribution < 1.29 is 9.90 Å². The third-order valence-electron chi connectivity index (χ3n) is 2.79. The number of hydrogen-bond acceptors (Lipinski definition) is 4. The third-order valence-corrected chi connectivity index (χ3v) is 2.79. The van der Waals surface area contributed by atoms with Gasteiger partial charge in [0.15, 0.2) is 0 Å². The van der Waals surface area contributed by atoms with E-state index in [1.165, 1.54) is 0 Å². The first kappa shape index (κ1) is 15.6. The molecule has 1 rings (SSSR count). The van der Waals surface area contributed by atoms with Crippen LogP contribution in [0.25, 0.3) is 0 Å². The van der Waals surface area contributed by atoms with Crippen molar-refractivity contribution in [2.45, 2.75) is 26.2 Å². The summed E-state index contributed by atoms with van der Waals surface area (Å²) in [7, 11) is 0. The number of carbonyl (C=O) groups is 1. The zero-order valence-electron chi connectivity index (χ0n) is 11.5. The van der Waals surface area contributed by atoms with Crippen molar-refractivity contribution in [2.24, 2.45) is 0 Å². The minimum Gasteiger partial charge on any atom is -0.396 e. The zero-order chi connectivity index (χ0) is 13.9. The van der Waals surface area contributed by atoms with Crippen molar-refractivity contribution in [1.82, 2.24) is 9.88 Å². The molecule has 1 heterocycles. The molecule has 0 aliphatic heterocycles. The van der Waals surface area contributed by atoms with Gasteiger partial charge >= 0.3 is 0 Å². The quantitative estimate of drug-likeness (QED) is 0.710. The summed E-state index contributed by atoms with van der Waals surface area (Å²) in [5.74, 6) is -0.0276. The number of carbonyl (C=O) groups excluding carboxylic acids is 1. The van der Waals surface area contributed by atoms with E-state index in [0.717, 1.165) is 31.6 Å². The van der Waals surface area contributed by atoms with Gasteiger partial charge < -0.3 is 10.4 Å². The number of pyridine rings is 1. The fourth-order valence-corrected chi connectivity index (χ4v) is 1.78. The number of nitrogens with zero attached hydrogens (tertiary/aromatic N) is 2. The Balaban J connectivity index is 2.41. The fourth-order valence-electron chi connectivity index (χ4n) is 1.78. The van der Waals surface area contributed by atoms with E-state index in [1.807, 2.05) is 0 Å². The first-order chi connectivity index (χ1) is 9.26. The van der Waals surface area contributed by atoms with Gasteiger partial charge in [0, 0.05) is 31.2 Å². The third kappa shape index (κ3) is 6.88. The maximum Gasteiger partial charge on any atom is 0.238 e. The molecule has 1 aromatic heterocycles. The highest BCUT2D eigenvalue weighted by atomic mass is 16.3. The summed E-state index contributed by atoms with van der Waals surface area (Å²) in [5.41, 5.74) is 0.762. The van der Waals surface area contributed by atoms with Crippen LogP contribution < -0.4 is 5.32 Å². The second-order valence-electron chi connectivity index (χ2n) is 4.49. The van der Waals surface area contributed by atoms with Crippen LogP contribution in [0.1, 0.15) is 26.2 Å². The van der Waals surface area contributed by atoms with E-state index in [0.29, 0.717) is 13.0 Å². The summed E-state index contributed by atoms with van der Waals surface area (Å²) < 4.78 is 0. The van der Waals surface area contributed by atoms with Gasteiger partial charge in [0.2, 0.25) is 5.91 Å². The van der Waals surface area contributed by atoms with Gasteiger partial charge in [-0.25, -0.2) is 0 Å². The monoisotopic (exact) mass is 265 g/mol. The second kappa shape index (κ2) is 9.47. The predicted octanol–water partition coefficient (Wildman–Crippen LogP) is 1.50. The number of hydrogen-bond donors (Lipinski definition) is 2. The van der Waals surface area contributed by atoms with E-state index >= 15 is 0 Å². The lowest BCUT2D eigenvalue weighted by molar-refractivity contribution is -0.117. The Morgan fingerprint density at radius 2 is 2.00 bits per heavy atom. The van der Waals surface area contributed by atoms with Crippen molar-refractivity contribution in [3.8, 4) is 0 Å². The second-order valence-corrected chi connectivity index (χ2v) is 4.49. The first-order valence-electron chi connectivity index (χ1n) is 6.79. The molecule has 1 amide bonds. The van der Waals surface area contributed by atoms with Gasteiger partial charge in [0.1, 0.15) is 0 Å². The van der Waals surface area contributed by atoms with Crippen LogP contribution in [-0.2, 0) is 4.79 Å². The van der Waals surface area contributed by atoms with E-state index in [-0.39, 0.29) is 12.5 Å². The average Bonchev–Trinajstić information content (AvgIpc) is 2.43. The Kier molecular flexibility index (Phi) is 7.77. The molecule has 1 aromatic rings. The highest BCUT2D eigenvalue weighted by Gasteiger charge is 2.10.